The molecule has 0 aliphatic heterocycles. The molecule has 0 N–H and O–H groups in total. The van der Waals surface area contributed by atoms with Gasteiger partial charge in [-0.05, 0) is 60.5 Å². The Morgan fingerprint density at radius 2 is 1.71 bits per heavy atom. The topological polar surface area (TPSA) is 45.4 Å². The monoisotopic (exact) mass is 565 g/mol. The van der Waals surface area contributed by atoms with Crippen LogP contribution in [0.2, 0.25) is 0 Å². The molecule has 2 rings (SSSR count). The van der Waals surface area contributed by atoms with Crippen LogP contribution in [-0.4, -0.2) is 12.8 Å². The average molecular weight is 565 g/mol. The van der Waals surface area contributed by atoms with Crippen molar-refractivity contribution in [2.24, 2.45) is 4.99 Å². The number of ether oxygens (including phenoxy) is 1. The molecule has 0 radical (unpaired) electrons. The quantitative estimate of drug-likeness (QED) is 0.324. The van der Waals surface area contributed by atoms with Gasteiger partial charge >= 0.3 is 0 Å². The SMILES string of the molecule is CCCCCCOc1ccc(C=Nc2ccc(C#N)cc2)cc1.[No]. The first-order valence-electron chi connectivity index (χ1n) is 8.09. The standard InChI is InChI=1S/C20H22N2O.No/c1-2-3-4-5-14-23-20-12-8-18(9-13-20)16-22-19-10-6-17(15-21)7-11-19;/h6-13,16H,2-5,14H2,1H3;. The van der Waals surface area contributed by atoms with Crippen LogP contribution in [0.4, 0.5) is 5.69 Å². The minimum absolute atomic E-state index is 0. The normalized spacial score (nSPS) is 10.2. The summed E-state index contributed by atoms with van der Waals surface area (Å²) in [5.74, 6) is 0.900. The zero-order valence-electron chi connectivity index (χ0n) is 13.8. The van der Waals surface area contributed by atoms with Gasteiger partial charge in [0, 0.05) is 6.21 Å². The van der Waals surface area contributed by atoms with Crippen molar-refractivity contribution in [3.8, 4) is 11.8 Å². The van der Waals surface area contributed by atoms with Crippen LogP contribution in [0.15, 0.2) is 53.5 Å². The summed E-state index contributed by atoms with van der Waals surface area (Å²) in [6, 6.07) is 17.2. The molecule has 0 aromatic heterocycles. The van der Waals surface area contributed by atoms with Gasteiger partial charge in [-0.2, -0.15) is 5.26 Å². The Bertz CT molecular complexity index is 658. The second-order valence-corrected chi connectivity index (χ2v) is 5.40. The van der Waals surface area contributed by atoms with Gasteiger partial charge in [-0.15, -0.1) is 0 Å². The molecule has 0 saturated carbocycles. The first kappa shape index (κ1) is 18.4. The number of unbranched alkanes of at least 4 members (excludes halogenated alkanes) is 3. The number of hydrogen-bond acceptors (Lipinski definition) is 3. The number of nitriles is 1. The van der Waals surface area contributed by atoms with Gasteiger partial charge in [-0.3, -0.25) is 4.99 Å². The first-order chi connectivity index (χ1) is 11.3. The molecule has 0 heterocycles. The molecule has 0 atom stereocenters. The van der Waals surface area contributed by atoms with Crippen molar-refractivity contribution in [1.82, 2.24) is 0 Å². The maximum atomic E-state index is 8.77. The molecule has 24 heavy (non-hydrogen) atoms. The van der Waals surface area contributed by atoms with E-state index in [9.17, 15) is 0 Å². The zero-order valence-corrected chi connectivity index (χ0v) is 16.0. The summed E-state index contributed by atoms with van der Waals surface area (Å²) >= 11 is 0. The Morgan fingerprint density at radius 3 is 2.33 bits per heavy atom. The fourth-order valence-corrected chi connectivity index (χ4v) is 2.14. The number of benzene rings is 2. The fourth-order valence-electron chi connectivity index (χ4n) is 2.14. The van der Waals surface area contributed by atoms with E-state index in [0.717, 1.165) is 30.0 Å². The van der Waals surface area contributed by atoms with Gasteiger partial charge in [0.05, 0.1) is 23.9 Å². The summed E-state index contributed by atoms with van der Waals surface area (Å²) in [5, 5.41) is 8.77. The van der Waals surface area contributed by atoms with E-state index in [1.807, 2.05) is 42.6 Å². The van der Waals surface area contributed by atoms with Gasteiger partial charge in [0.25, 0.3) is 0 Å². The molecule has 0 aliphatic carbocycles. The third-order valence-corrected chi connectivity index (χ3v) is 3.51. The average Bonchev–Trinajstić information content (AvgIpc) is 2.61. The van der Waals surface area contributed by atoms with E-state index in [1.54, 1.807) is 12.1 Å². The number of hydrogen-bond donors (Lipinski definition) is 0. The van der Waals surface area contributed by atoms with Crippen molar-refractivity contribution < 1.29 is 4.74 Å². The molecule has 4 heteroatoms. The minimum atomic E-state index is 0. The van der Waals surface area contributed by atoms with Crippen molar-refractivity contribution in [1.29, 1.82) is 5.26 Å². The van der Waals surface area contributed by atoms with E-state index >= 15 is 0 Å². The minimum Gasteiger partial charge on any atom is -0.494 e. The summed E-state index contributed by atoms with van der Waals surface area (Å²) in [7, 11) is 0. The summed E-state index contributed by atoms with van der Waals surface area (Å²) in [5.41, 5.74) is 2.50. The van der Waals surface area contributed by atoms with Gasteiger partial charge in [0.1, 0.15) is 5.75 Å². The number of nitrogens with zero attached hydrogens (tertiary/aromatic N) is 2. The van der Waals surface area contributed by atoms with Crippen molar-refractivity contribution in [3.63, 3.8) is 0 Å². The van der Waals surface area contributed by atoms with Crippen molar-refractivity contribution in [2.45, 2.75) is 32.6 Å². The molecule has 0 spiro atoms. The Labute approximate surface area is 138 Å². The van der Waals surface area contributed by atoms with E-state index in [-0.39, 0.29) is 0 Å². The van der Waals surface area contributed by atoms with Crippen LogP contribution in [-0.2, 0) is 0 Å². The summed E-state index contributed by atoms with van der Waals surface area (Å²) in [6.45, 7) is 2.98. The van der Waals surface area contributed by atoms with Crippen LogP contribution in [0.25, 0.3) is 0 Å². The third kappa shape index (κ3) is 6.03. The van der Waals surface area contributed by atoms with Crippen molar-refractivity contribution in [2.75, 3.05) is 6.61 Å². The van der Waals surface area contributed by atoms with Gasteiger partial charge in [0.15, 0.2) is 0 Å². The molecular formula is C20H22N2NoO. The van der Waals surface area contributed by atoms with Crippen LogP contribution in [0.1, 0.15) is 43.7 Å². The second-order valence-electron chi connectivity index (χ2n) is 5.40. The molecule has 0 bridgehead atoms. The van der Waals surface area contributed by atoms with Crippen molar-refractivity contribution >= 4 is 11.9 Å². The van der Waals surface area contributed by atoms with Crippen LogP contribution in [0, 0.1) is 11.3 Å². The van der Waals surface area contributed by atoms with E-state index in [0.29, 0.717) is 5.56 Å². The van der Waals surface area contributed by atoms with Crippen molar-refractivity contribution in [3.05, 3.63) is 59.7 Å². The third-order valence-electron chi connectivity index (χ3n) is 3.51. The largest absolute Gasteiger partial charge is 0.494 e. The summed E-state index contributed by atoms with van der Waals surface area (Å²) < 4.78 is 5.72. The number of aliphatic imine (C=N–C) groups is 1. The number of rotatable bonds is 8. The maximum absolute atomic E-state index is 8.77. The molecule has 0 aliphatic rings. The summed E-state index contributed by atoms with van der Waals surface area (Å²) in [4.78, 5) is 4.40. The summed E-state index contributed by atoms with van der Waals surface area (Å²) in [6.07, 6.45) is 6.66. The maximum Gasteiger partial charge on any atom is 0.119 e. The molecule has 132 valence electrons. The zero-order chi connectivity index (χ0) is 16.3. The Morgan fingerprint density at radius 1 is 1.00 bits per heavy atom. The Kier molecular flexibility index (Phi) is 7.83. The van der Waals surface area contributed by atoms with E-state index < -0.39 is 0 Å². The second kappa shape index (κ2) is 10.2. The van der Waals surface area contributed by atoms with Gasteiger partial charge in [-0.1, -0.05) is 26.2 Å². The van der Waals surface area contributed by atoms with Gasteiger partial charge in [-0.25, -0.2) is 0 Å². The van der Waals surface area contributed by atoms with E-state index in [4.69, 9.17) is 10.00 Å². The molecule has 3 nitrogen and oxygen atoms in total. The molecule has 0 unspecified atom stereocenters. The molecule has 0 fully saturated rings. The van der Waals surface area contributed by atoms with Crippen LogP contribution >= 0.6 is 0 Å². The first-order valence-corrected chi connectivity index (χ1v) is 8.09. The Balaban J connectivity index is 0.00000288. The molecule has 2 aromatic carbocycles. The molecule has 2 aromatic rings. The fraction of sp³-hybridized carbons (Fsp3) is 0.300. The smallest absolute Gasteiger partial charge is 0.119 e. The van der Waals surface area contributed by atoms with E-state index in [1.165, 1.54) is 19.3 Å². The molecule has 0 saturated heterocycles. The predicted molar refractivity (Wildman–Crippen MR) is 94.5 cm³/mol. The Hall–Kier alpha value is -3.60. The van der Waals surface area contributed by atoms with E-state index in [2.05, 4.69) is 18.0 Å². The van der Waals surface area contributed by atoms with Crippen LogP contribution in [0.5, 0.6) is 5.75 Å². The van der Waals surface area contributed by atoms with Crippen LogP contribution in [0.3, 0.4) is 0 Å². The van der Waals surface area contributed by atoms with Gasteiger partial charge < -0.3 is 4.74 Å². The van der Waals surface area contributed by atoms with Gasteiger partial charge in [0.2, 0.25) is 0 Å². The molecule has 0 amide bonds. The predicted octanol–water partition coefficient (Wildman–Crippen LogP) is 5.27. The van der Waals surface area contributed by atoms with Crippen LogP contribution < -0.4 is 4.74 Å². The molecular weight excluding hydrogens is 543 g/mol.